The van der Waals surface area contributed by atoms with Crippen LogP contribution in [0.25, 0.3) is 0 Å². The predicted octanol–water partition coefficient (Wildman–Crippen LogP) is 2.53. The van der Waals surface area contributed by atoms with Crippen LogP contribution in [0.1, 0.15) is 34.1 Å². The van der Waals surface area contributed by atoms with Crippen molar-refractivity contribution in [1.82, 2.24) is 0 Å². The molecule has 0 amide bonds. The van der Waals surface area contributed by atoms with Crippen LogP contribution in [-0.4, -0.2) is 10.9 Å². The quantitative estimate of drug-likeness (QED) is 0.708. The molecule has 0 spiro atoms. The van der Waals surface area contributed by atoms with Crippen LogP contribution in [0, 0.1) is 5.41 Å². The maximum atomic E-state index is 5.88. The lowest BCUT2D eigenvalue weighted by Gasteiger charge is -2.30. The van der Waals surface area contributed by atoms with E-state index in [9.17, 15) is 0 Å². The molecular formula is C8H18BrN. The standard InChI is InChI=1S/C8H18BrN/c1-7(2,6-9)5-8(3,4)10/h5-6,10H2,1-4H3. The third kappa shape index (κ3) is 5.24. The second-order valence-corrected chi connectivity index (χ2v) is 5.02. The Morgan fingerprint density at radius 2 is 1.60 bits per heavy atom. The van der Waals surface area contributed by atoms with Gasteiger partial charge in [-0.3, -0.25) is 0 Å². The fourth-order valence-corrected chi connectivity index (χ4v) is 1.48. The summed E-state index contributed by atoms with van der Waals surface area (Å²) in [6.07, 6.45) is 1.05. The Bertz CT molecular complexity index is 102. The third-order valence-electron chi connectivity index (χ3n) is 1.30. The Balaban J connectivity index is 3.89. The van der Waals surface area contributed by atoms with E-state index in [0.29, 0.717) is 5.41 Å². The van der Waals surface area contributed by atoms with Gasteiger partial charge in [0.25, 0.3) is 0 Å². The maximum absolute atomic E-state index is 5.88. The number of hydrogen-bond donors (Lipinski definition) is 1. The first-order chi connectivity index (χ1) is 4.27. The molecule has 0 atom stereocenters. The van der Waals surface area contributed by atoms with Crippen molar-refractivity contribution < 1.29 is 0 Å². The first-order valence-electron chi connectivity index (χ1n) is 3.62. The van der Waals surface area contributed by atoms with Gasteiger partial charge in [0.1, 0.15) is 0 Å². The highest BCUT2D eigenvalue weighted by molar-refractivity contribution is 9.09. The Hall–Kier alpha value is 0.440. The highest BCUT2D eigenvalue weighted by Crippen LogP contribution is 2.27. The molecular weight excluding hydrogens is 190 g/mol. The lowest BCUT2D eigenvalue weighted by Crippen LogP contribution is -2.37. The minimum Gasteiger partial charge on any atom is -0.326 e. The molecule has 0 rings (SSSR count). The van der Waals surface area contributed by atoms with Gasteiger partial charge in [-0.1, -0.05) is 29.8 Å². The predicted molar refractivity (Wildman–Crippen MR) is 50.5 cm³/mol. The van der Waals surface area contributed by atoms with Crippen LogP contribution in [0.3, 0.4) is 0 Å². The highest BCUT2D eigenvalue weighted by Gasteiger charge is 2.24. The second kappa shape index (κ2) is 3.22. The molecule has 0 aliphatic carbocycles. The molecule has 0 aromatic heterocycles. The van der Waals surface area contributed by atoms with Crippen LogP contribution in [0.5, 0.6) is 0 Å². The summed E-state index contributed by atoms with van der Waals surface area (Å²) in [5.74, 6) is 0. The summed E-state index contributed by atoms with van der Waals surface area (Å²) < 4.78 is 0. The second-order valence-electron chi connectivity index (χ2n) is 4.46. The summed E-state index contributed by atoms with van der Waals surface area (Å²) in [7, 11) is 0. The number of nitrogens with two attached hydrogens (primary N) is 1. The molecule has 0 fully saturated rings. The fourth-order valence-electron chi connectivity index (χ4n) is 1.28. The van der Waals surface area contributed by atoms with E-state index in [1.807, 2.05) is 0 Å². The first kappa shape index (κ1) is 10.4. The van der Waals surface area contributed by atoms with Crippen LogP contribution < -0.4 is 5.73 Å². The SMILES string of the molecule is CC(C)(N)CC(C)(C)CBr. The molecule has 0 aromatic rings. The topological polar surface area (TPSA) is 26.0 Å². The Kier molecular flexibility index (Phi) is 3.37. The molecule has 0 aromatic carbocycles. The van der Waals surface area contributed by atoms with Crippen LogP contribution in [-0.2, 0) is 0 Å². The van der Waals surface area contributed by atoms with E-state index in [0.717, 1.165) is 11.8 Å². The Labute approximate surface area is 72.5 Å². The van der Waals surface area contributed by atoms with Gasteiger partial charge in [0.2, 0.25) is 0 Å². The summed E-state index contributed by atoms with van der Waals surface area (Å²) in [5.41, 5.74) is 6.15. The molecule has 0 saturated carbocycles. The molecule has 0 aliphatic rings. The molecule has 0 bridgehead atoms. The largest absolute Gasteiger partial charge is 0.326 e. The van der Waals surface area contributed by atoms with Gasteiger partial charge in [-0.25, -0.2) is 0 Å². The van der Waals surface area contributed by atoms with Gasteiger partial charge < -0.3 is 5.73 Å². The van der Waals surface area contributed by atoms with Gasteiger partial charge in [-0.15, -0.1) is 0 Å². The average molecular weight is 208 g/mol. The summed E-state index contributed by atoms with van der Waals surface area (Å²) in [6.45, 7) is 8.57. The molecule has 2 N–H and O–H groups in total. The summed E-state index contributed by atoms with van der Waals surface area (Å²) >= 11 is 3.47. The van der Waals surface area contributed by atoms with E-state index < -0.39 is 0 Å². The number of halogens is 1. The van der Waals surface area contributed by atoms with Gasteiger partial charge in [0.05, 0.1) is 0 Å². The zero-order valence-corrected chi connectivity index (χ0v) is 8.96. The highest BCUT2D eigenvalue weighted by atomic mass is 79.9. The smallest absolute Gasteiger partial charge is 0.0102 e. The normalized spacial score (nSPS) is 13.8. The van der Waals surface area contributed by atoms with Crippen molar-refractivity contribution in [3.63, 3.8) is 0 Å². The van der Waals surface area contributed by atoms with Crippen molar-refractivity contribution in [3.05, 3.63) is 0 Å². The van der Waals surface area contributed by atoms with E-state index in [2.05, 4.69) is 43.6 Å². The minimum atomic E-state index is -0.0444. The maximum Gasteiger partial charge on any atom is 0.0102 e. The van der Waals surface area contributed by atoms with Gasteiger partial charge in [0, 0.05) is 10.9 Å². The summed E-state index contributed by atoms with van der Waals surface area (Å²) in [6, 6.07) is 0. The summed E-state index contributed by atoms with van der Waals surface area (Å²) in [4.78, 5) is 0. The van der Waals surface area contributed by atoms with Crippen LogP contribution in [0.4, 0.5) is 0 Å². The minimum absolute atomic E-state index is 0.0444. The molecule has 10 heavy (non-hydrogen) atoms. The van der Waals surface area contributed by atoms with E-state index in [1.54, 1.807) is 0 Å². The van der Waals surface area contributed by atoms with E-state index in [-0.39, 0.29) is 5.54 Å². The number of alkyl halides is 1. The lowest BCUT2D eigenvalue weighted by atomic mass is 9.82. The molecule has 0 saturated heterocycles. The van der Waals surface area contributed by atoms with Crippen molar-refractivity contribution in [2.45, 2.75) is 39.7 Å². The Morgan fingerprint density at radius 3 is 1.70 bits per heavy atom. The van der Waals surface area contributed by atoms with Gasteiger partial charge in [-0.05, 0) is 25.7 Å². The Morgan fingerprint density at radius 1 is 1.20 bits per heavy atom. The first-order valence-corrected chi connectivity index (χ1v) is 4.74. The van der Waals surface area contributed by atoms with E-state index in [4.69, 9.17) is 5.73 Å². The van der Waals surface area contributed by atoms with Crippen LogP contribution >= 0.6 is 15.9 Å². The van der Waals surface area contributed by atoms with Gasteiger partial charge in [0.15, 0.2) is 0 Å². The zero-order chi connectivity index (χ0) is 8.41. The monoisotopic (exact) mass is 207 g/mol. The van der Waals surface area contributed by atoms with Crippen LogP contribution in [0.15, 0.2) is 0 Å². The van der Waals surface area contributed by atoms with E-state index in [1.165, 1.54) is 0 Å². The van der Waals surface area contributed by atoms with Crippen LogP contribution in [0.2, 0.25) is 0 Å². The molecule has 2 heteroatoms. The van der Waals surface area contributed by atoms with Gasteiger partial charge in [-0.2, -0.15) is 0 Å². The zero-order valence-electron chi connectivity index (χ0n) is 7.37. The summed E-state index contributed by atoms with van der Waals surface area (Å²) in [5, 5.41) is 1.01. The lowest BCUT2D eigenvalue weighted by molar-refractivity contribution is 0.294. The molecule has 0 heterocycles. The molecule has 1 nitrogen and oxygen atoms in total. The van der Waals surface area contributed by atoms with Crippen molar-refractivity contribution in [3.8, 4) is 0 Å². The van der Waals surface area contributed by atoms with Crippen molar-refractivity contribution in [2.75, 3.05) is 5.33 Å². The van der Waals surface area contributed by atoms with Crippen molar-refractivity contribution >= 4 is 15.9 Å². The van der Waals surface area contributed by atoms with E-state index >= 15 is 0 Å². The van der Waals surface area contributed by atoms with Gasteiger partial charge >= 0.3 is 0 Å². The molecule has 0 radical (unpaired) electrons. The number of hydrogen-bond acceptors (Lipinski definition) is 1. The fraction of sp³-hybridized carbons (Fsp3) is 1.00. The third-order valence-corrected chi connectivity index (χ3v) is 2.81. The molecule has 62 valence electrons. The average Bonchev–Trinajstić information content (AvgIpc) is 1.60. The van der Waals surface area contributed by atoms with Crippen molar-refractivity contribution in [2.24, 2.45) is 11.1 Å². The van der Waals surface area contributed by atoms with Crippen molar-refractivity contribution in [1.29, 1.82) is 0 Å². The number of rotatable bonds is 3. The molecule has 0 unspecified atom stereocenters. The molecule has 0 aliphatic heterocycles.